The zero-order valence-electron chi connectivity index (χ0n) is 16.1. The molecule has 4 rings (SSSR count). The third kappa shape index (κ3) is 3.27. The maximum atomic E-state index is 5.55. The van der Waals surface area contributed by atoms with Crippen LogP contribution in [0.3, 0.4) is 0 Å². The quantitative estimate of drug-likeness (QED) is 0.829. The van der Waals surface area contributed by atoms with Crippen LogP contribution in [0.1, 0.15) is 49.3 Å². The van der Waals surface area contributed by atoms with Gasteiger partial charge in [-0.05, 0) is 67.0 Å². The highest BCUT2D eigenvalue weighted by molar-refractivity contribution is 5.44. The molecule has 2 bridgehead atoms. The maximum absolute atomic E-state index is 5.55. The van der Waals surface area contributed by atoms with Crippen molar-refractivity contribution < 1.29 is 4.74 Å². The molecule has 0 aromatic heterocycles. The van der Waals surface area contributed by atoms with Crippen LogP contribution in [-0.4, -0.2) is 19.7 Å². The van der Waals surface area contributed by atoms with E-state index in [0.29, 0.717) is 6.04 Å². The summed E-state index contributed by atoms with van der Waals surface area (Å²) in [5.74, 6) is 1.75. The molecule has 1 fully saturated rings. The van der Waals surface area contributed by atoms with Crippen LogP contribution >= 0.6 is 0 Å². The minimum absolute atomic E-state index is 0.208. The molecule has 2 aromatic carbocycles. The first-order chi connectivity index (χ1) is 12.7. The van der Waals surface area contributed by atoms with Crippen molar-refractivity contribution in [3.63, 3.8) is 0 Å². The Morgan fingerprint density at radius 2 is 1.96 bits per heavy atom. The summed E-state index contributed by atoms with van der Waals surface area (Å²) in [5.41, 5.74) is 4.69. The normalized spacial score (nSPS) is 27.5. The number of fused-ring (bicyclic) bond motifs is 4. The van der Waals surface area contributed by atoms with Gasteiger partial charge in [-0.2, -0.15) is 0 Å². The molecule has 0 saturated heterocycles. The molecule has 0 heterocycles. The zero-order valence-corrected chi connectivity index (χ0v) is 16.1. The number of methoxy groups -OCH3 is 1. The lowest BCUT2D eigenvalue weighted by molar-refractivity contribution is 0.210. The molecule has 2 aliphatic carbocycles. The SMILES string of the molecule is COc1ccc2c(c1)[C@@]1(C)CCCCC(C2)[C@H]1NCCc1ccccc1. The van der Waals surface area contributed by atoms with Gasteiger partial charge in [0.1, 0.15) is 5.75 Å². The van der Waals surface area contributed by atoms with Crippen molar-refractivity contribution in [1.82, 2.24) is 5.32 Å². The number of hydrogen-bond donors (Lipinski definition) is 1. The van der Waals surface area contributed by atoms with Gasteiger partial charge < -0.3 is 10.1 Å². The number of hydrogen-bond acceptors (Lipinski definition) is 2. The van der Waals surface area contributed by atoms with Crippen LogP contribution in [-0.2, 0) is 18.3 Å². The van der Waals surface area contributed by atoms with Gasteiger partial charge in [-0.15, -0.1) is 0 Å². The van der Waals surface area contributed by atoms with Crippen molar-refractivity contribution in [2.24, 2.45) is 5.92 Å². The van der Waals surface area contributed by atoms with Gasteiger partial charge in [0.15, 0.2) is 0 Å². The minimum atomic E-state index is 0.208. The van der Waals surface area contributed by atoms with Crippen molar-refractivity contribution >= 4 is 0 Å². The fraction of sp³-hybridized carbons (Fsp3) is 0.500. The van der Waals surface area contributed by atoms with E-state index in [1.165, 1.54) is 43.2 Å². The van der Waals surface area contributed by atoms with E-state index in [9.17, 15) is 0 Å². The molecule has 2 nitrogen and oxygen atoms in total. The lowest BCUT2D eigenvalue weighted by Crippen LogP contribution is -2.54. The molecule has 0 amide bonds. The van der Waals surface area contributed by atoms with Gasteiger partial charge >= 0.3 is 0 Å². The summed E-state index contributed by atoms with van der Waals surface area (Å²) in [4.78, 5) is 0. The highest BCUT2D eigenvalue weighted by Gasteiger charge is 2.46. The second-order valence-corrected chi connectivity index (χ2v) is 8.32. The van der Waals surface area contributed by atoms with Gasteiger partial charge in [-0.1, -0.05) is 56.2 Å². The molecular weight excluding hydrogens is 318 g/mol. The fourth-order valence-corrected chi connectivity index (χ4v) is 5.35. The molecular formula is C24H31NO. The Labute approximate surface area is 158 Å². The Morgan fingerprint density at radius 1 is 1.12 bits per heavy atom. The van der Waals surface area contributed by atoms with Gasteiger partial charge in [-0.3, -0.25) is 0 Å². The smallest absolute Gasteiger partial charge is 0.119 e. The molecule has 0 radical (unpaired) electrons. The minimum Gasteiger partial charge on any atom is -0.497 e. The second-order valence-electron chi connectivity index (χ2n) is 8.32. The summed E-state index contributed by atoms with van der Waals surface area (Å²) in [6.07, 6.45) is 7.63. The maximum Gasteiger partial charge on any atom is 0.119 e. The molecule has 0 spiro atoms. The Balaban J connectivity index is 1.58. The standard InChI is InChI=1S/C24H31NO/c1-24-14-7-6-10-20(16-19-11-12-21(26-2)17-22(19)24)23(24)25-15-13-18-8-4-3-5-9-18/h3-5,8-9,11-12,17,20,23,25H,6-7,10,13-16H2,1-2H3/t20?,23-,24-/m1/s1. The van der Waals surface area contributed by atoms with E-state index in [1.54, 1.807) is 12.7 Å². The molecule has 3 atom stereocenters. The van der Waals surface area contributed by atoms with E-state index >= 15 is 0 Å². The van der Waals surface area contributed by atoms with Crippen LogP contribution in [0.15, 0.2) is 48.5 Å². The number of rotatable bonds is 5. The summed E-state index contributed by atoms with van der Waals surface area (Å²) in [6.45, 7) is 3.54. The largest absolute Gasteiger partial charge is 0.497 e. The van der Waals surface area contributed by atoms with E-state index in [-0.39, 0.29) is 5.41 Å². The molecule has 0 aliphatic heterocycles. The first kappa shape index (κ1) is 17.6. The molecule has 2 heteroatoms. The molecule has 1 saturated carbocycles. The zero-order chi connectivity index (χ0) is 18.0. The Hall–Kier alpha value is -1.80. The van der Waals surface area contributed by atoms with Crippen molar-refractivity contribution in [2.75, 3.05) is 13.7 Å². The second kappa shape index (κ2) is 7.44. The average Bonchev–Trinajstić information content (AvgIpc) is 2.78. The molecule has 138 valence electrons. The molecule has 2 aliphatic rings. The topological polar surface area (TPSA) is 21.3 Å². The monoisotopic (exact) mass is 349 g/mol. The third-order valence-electron chi connectivity index (χ3n) is 6.71. The van der Waals surface area contributed by atoms with Crippen molar-refractivity contribution in [2.45, 2.75) is 56.9 Å². The van der Waals surface area contributed by atoms with Gasteiger partial charge in [0, 0.05) is 11.5 Å². The molecule has 1 unspecified atom stereocenters. The predicted molar refractivity (Wildman–Crippen MR) is 108 cm³/mol. The predicted octanol–water partition coefficient (Wildman–Crippen LogP) is 4.90. The van der Waals surface area contributed by atoms with Crippen molar-refractivity contribution in [1.29, 1.82) is 0 Å². The van der Waals surface area contributed by atoms with Gasteiger partial charge in [-0.25, -0.2) is 0 Å². The number of benzene rings is 2. The highest BCUT2D eigenvalue weighted by atomic mass is 16.5. The van der Waals surface area contributed by atoms with E-state index in [4.69, 9.17) is 4.74 Å². The molecule has 2 aromatic rings. The Morgan fingerprint density at radius 3 is 2.77 bits per heavy atom. The van der Waals surface area contributed by atoms with Crippen LogP contribution in [0.4, 0.5) is 0 Å². The van der Waals surface area contributed by atoms with E-state index in [0.717, 1.165) is 24.6 Å². The summed E-state index contributed by atoms with van der Waals surface area (Å²) in [6, 6.07) is 18.2. The van der Waals surface area contributed by atoms with E-state index in [2.05, 4.69) is 60.8 Å². The van der Waals surface area contributed by atoms with Gasteiger partial charge in [0.2, 0.25) is 0 Å². The van der Waals surface area contributed by atoms with Crippen LogP contribution in [0, 0.1) is 5.92 Å². The van der Waals surface area contributed by atoms with Crippen LogP contribution in [0.5, 0.6) is 5.75 Å². The van der Waals surface area contributed by atoms with Crippen molar-refractivity contribution in [3.05, 3.63) is 65.2 Å². The third-order valence-corrected chi connectivity index (χ3v) is 6.71. The summed E-state index contributed by atoms with van der Waals surface area (Å²) in [7, 11) is 1.78. The van der Waals surface area contributed by atoms with Gasteiger partial charge in [0.25, 0.3) is 0 Å². The number of nitrogens with one attached hydrogen (secondary N) is 1. The lowest BCUT2D eigenvalue weighted by atomic mass is 9.62. The Bertz CT molecular complexity index is 741. The van der Waals surface area contributed by atoms with Crippen molar-refractivity contribution in [3.8, 4) is 5.75 Å². The lowest BCUT2D eigenvalue weighted by Gasteiger charge is -2.47. The number of ether oxygens (including phenoxy) is 1. The first-order valence-electron chi connectivity index (χ1n) is 10.2. The summed E-state index contributed by atoms with van der Waals surface area (Å²) in [5, 5.41) is 3.99. The molecule has 1 N–H and O–H groups in total. The average molecular weight is 350 g/mol. The first-order valence-corrected chi connectivity index (χ1v) is 10.2. The van der Waals surface area contributed by atoms with E-state index < -0.39 is 0 Å². The Kier molecular flexibility index (Phi) is 5.04. The van der Waals surface area contributed by atoms with Gasteiger partial charge in [0.05, 0.1) is 7.11 Å². The fourth-order valence-electron chi connectivity index (χ4n) is 5.35. The summed E-state index contributed by atoms with van der Waals surface area (Å²) >= 11 is 0. The van der Waals surface area contributed by atoms with E-state index in [1.807, 2.05) is 0 Å². The summed E-state index contributed by atoms with van der Waals surface area (Å²) < 4.78 is 5.55. The van der Waals surface area contributed by atoms with Crippen LogP contribution < -0.4 is 10.1 Å². The van der Waals surface area contributed by atoms with Crippen LogP contribution in [0.25, 0.3) is 0 Å². The highest BCUT2D eigenvalue weighted by Crippen LogP contribution is 2.48. The molecule has 26 heavy (non-hydrogen) atoms. The van der Waals surface area contributed by atoms with Crippen LogP contribution in [0.2, 0.25) is 0 Å².